The molecule has 0 radical (unpaired) electrons. The predicted molar refractivity (Wildman–Crippen MR) is 126 cm³/mol. The molecule has 3 aromatic carbocycles. The van der Waals surface area contributed by atoms with E-state index in [1.807, 2.05) is 4.72 Å². The standard InChI is InChI=1S/C21H17ClF3N3O6S2/c22-18-11-17(36(32,33)28-15-3-1-2-13(10-15)21(23,24)25)8-9-19(18)34-12-20(29)27-14-4-6-16(7-5-14)35(26,30)31/h1-11,28H,12H2,(H,27,29)(H2,26,30,31). The number of hydrogen-bond donors (Lipinski definition) is 3. The fraction of sp³-hybridized carbons (Fsp3) is 0.0952. The lowest BCUT2D eigenvalue weighted by molar-refractivity contribution is -0.137. The largest absolute Gasteiger partial charge is 0.482 e. The van der Waals surface area contributed by atoms with E-state index < -0.39 is 44.3 Å². The molecule has 9 nitrogen and oxygen atoms in total. The average Bonchev–Trinajstić information content (AvgIpc) is 2.77. The second-order valence-corrected chi connectivity index (χ2v) is 10.8. The first-order chi connectivity index (χ1) is 16.6. The molecule has 15 heteroatoms. The number of carbonyl (C=O) groups is 1. The van der Waals surface area contributed by atoms with Gasteiger partial charge in [0.1, 0.15) is 5.75 Å². The van der Waals surface area contributed by atoms with Gasteiger partial charge in [0.15, 0.2) is 6.61 Å². The van der Waals surface area contributed by atoms with Gasteiger partial charge in [0.2, 0.25) is 10.0 Å². The fourth-order valence-electron chi connectivity index (χ4n) is 2.81. The van der Waals surface area contributed by atoms with E-state index in [9.17, 15) is 34.8 Å². The van der Waals surface area contributed by atoms with E-state index >= 15 is 0 Å². The molecule has 0 aromatic heterocycles. The summed E-state index contributed by atoms with van der Waals surface area (Å²) in [5, 5.41) is 7.29. The molecular formula is C21H17ClF3N3O6S2. The molecule has 0 heterocycles. The quantitative estimate of drug-likeness (QED) is 0.380. The number of ether oxygens (including phenoxy) is 1. The van der Waals surface area contributed by atoms with Crippen LogP contribution in [0.3, 0.4) is 0 Å². The first-order valence-corrected chi connectivity index (χ1v) is 13.1. The molecule has 4 N–H and O–H groups in total. The van der Waals surface area contributed by atoms with Crippen molar-refractivity contribution >= 4 is 48.9 Å². The molecule has 0 fully saturated rings. The summed E-state index contributed by atoms with van der Waals surface area (Å²) < 4.78 is 93.6. The van der Waals surface area contributed by atoms with Gasteiger partial charge in [-0.05, 0) is 60.7 Å². The van der Waals surface area contributed by atoms with Crippen LogP contribution < -0.4 is 19.9 Å². The van der Waals surface area contributed by atoms with Crippen LogP contribution in [0.25, 0.3) is 0 Å². The molecule has 0 bridgehead atoms. The summed E-state index contributed by atoms with van der Waals surface area (Å²) in [7, 11) is -8.17. The Bertz CT molecular complexity index is 1500. The zero-order chi connectivity index (χ0) is 26.7. The molecule has 0 saturated carbocycles. The maximum atomic E-state index is 12.9. The van der Waals surface area contributed by atoms with E-state index in [2.05, 4.69) is 5.32 Å². The second-order valence-electron chi connectivity index (χ2n) is 7.18. The van der Waals surface area contributed by atoms with Gasteiger partial charge < -0.3 is 10.1 Å². The first-order valence-electron chi connectivity index (χ1n) is 9.70. The Labute approximate surface area is 209 Å². The third-order valence-electron chi connectivity index (χ3n) is 4.48. The van der Waals surface area contributed by atoms with Crippen molar-refractivity contribution in [3.05, 3.63) is 77.3 Å². The molecule has 192 valence electrons. The smallest absolute Gasteiger partial charge is 0.416 e. The molecule has 3 aromatic rings. The summed E-state index contributed by atoms with van der Waals surface area (Å²) in [5.74, 6) is -0.660. The minimum absolute atomic E-state index is 0.0330. The van der Waals surface area contributed by atoms with Crippen LogP contribution in [0, 0.1) is 0 Å². The van der Waals surface area contributed by atoms with Crippen molar-refractivity contribution < 1.29 is 39.5 Å². The maximum absolute atomic E-state index is 12.9. The normalized spacial score (nSPS) is 12.1. The van der Waals surface area contributed by atoms with Crippen LogP contribution >= 0.6 is 11.6 Å². The van der Waals surface area contributed by atoms with Crippen molar-refractivity contribution in [1.29, 1.82) is 0 Å². The van der Waals surface area contributed by atoms with Crippen LogP contribution in [0.15, 0.2) is 76.5 Å². The van der Waals surface area contributed by atoms with E-state index in [4.69, 9.17) is 21.5 Å². The zero-order valence-electron chi connectivity index (χ0n) is 17.9. The molecule has 36 heavy (non-hydrogen) atoms. The number of hydrogen-bond acceptors (Lipinski definition) is 6. The zero-order valence-corrected chi connectivity index (χ0v) is 20.3. The van der Waals surface area contributed by atoms with Crippen molar-refractivity contribution in [2.45, 2.75) is 16.0 Å². The number of nitrogens with two attached hydrogens (primary N) is 1. The fourth-order valence-corrected chi connectivity index (χ4v) is 4.70. The van der Waals surface area contributed by atoms with Gasteiger partial charge in [-0.25, -0.2) is 22.0 Å². The summed E-state index contributed by atoms with van der Waals surface area (Å²) in [6.45, 7) is -0.523. The molecule has 3 rings (SSSR count). The van der Waals surface area contributed by atoms with E-state index in [1.54, 1.807) is 0 Å². The van der Waals surface area contributed by atoms with Gasteiger partial charge in [0.05, 0.1) is 20.4 Å². The minimum atomic E-state index is -4.65. The van der Waals surface area contributed by atoms with E-state index in [0.717, 1.165) is 30.3 Å². The van der Waals surface area contributed by atoms with E-state index in [1.165, 1.54) is 30.3 Å². The van der Waals surface area contributed by atoms with Crippen LogP contribution in [0.1, 0.15) is 5.56 Å². The second kappa shape index (κ2) is 10.3. The number of benzene rings is 3. The van der Waals surface area contributed by atoms with Crippen molar-refractivity contribution in [3.8, 4) is 5.75 Å². The molecule has 0 saturated heterocycles. The number of anilines is 2. The van der Waals surface area contributed by atoms with Gasteiger partial charge in [0.25, 0.3) is 15.9 Å². The Kier molecular flexibility index (Phi) is 7.83. The maximum Gasteiger partial charge on any atom is 0.416 e. The Hall–Kier alpha value is -3.33. The third kappa shape index (κ3) is 7.10. The topological polar surface area (TPSA) is 145 Å². The van der Waals surface area contributed by atoms with Gasteiger partial charge in [-0.2, -0.15) is 13.2 Å². The van der Waals surface area contributed by atoms with Crippen molar-refractivity contribution in [2.24, 2.45) is 5.14 Å². The number of nitrogens with one attached hydrogen (secondary N) is 2. The molecule has 1 amide bonds. The Morgan fingerprint density at radius 1 is 0.917 bits per heavy atom. The molecule has 0 atom stereocenters. The van der Waals surface area contributed by atoms with Crippen LogP contribution in [0.4, 0.5) is 24.5 Å². The molecule has 0 aliphatic carbocycles. The highest BCUT2D eigenvalue weighted by atomic mass is 35.5. The Balaban J connectivity index is 1.64. The number of alkyl halides is 3. The van der Waals surface area contributed by atoms with Gasteiger partial charge in [-0.3, -0.25) is 9.52 Å². The lowest BCUT2D eigenvalue weighted by atomic mass is 10.2. The van der Waals surface area contributed by atoms with Gasteiger partial charge in [-0.15, -0.1) is 0 Å². The lowest BCUT2D eigenvalue weighted by Crippen LogP contribution is -2.20. The predicted octanol–water partition coefficient (Wildman–Crippen LogP) is 3.82. The van der Waals surface area contributed by atoms with Crippen molar-refractivity contribution in [2.75, 3.05) is 16.6 Å². The van der Waals surface area contributed by atoms with E-state index in [0.29, 0.717) is 6.07 Å². The third-order valence-corrected chi connectivity index (χ3v) is 7.08. The number of rotatable bonds is 8. The highest BCUT2D eigenvalue weighted by Crippen LogP contribution is 2.32. The highest BCUT2D eigenvalue weighted by Gasteiger charge is 2.30. The summed E-state index contributed by atoms with van der Waals surface area (Å²) in [4.78, 5) is 11.6. The SMILES string of the molecule is NS(=O)(=O)c1ccc(NC(=O)COc2ccc(S(=O)(=O)Nc3cccc(C(F)(F)F)c3)cc2Cl)cc1. The number of sulfonamides is 2. The molecule has 0 spiro atoms. The minimum Gasteiger partial charge on any atom is -0.482 e. The number of halogens is 4. The molecule has 0 aliphatic heterocycles. The first kappa shape index (κ1) is 27.3. The Morgan fingerprint density at radius 2 is 1.56 bits per heavy atom. The number of primary sulfonamides is 1. The van der Waals surface area contributed by atoms with Crippen LogP contribution in [-0.4, -0.2) is 29.3 Å². The van der Waals surface area contributed by atoms with Crippen LogP contribution in [0.5, 0.6) is 5.75 Å². The van der Waals surface area contributed by atoms with Gasteiger partial charge in [-0.1, -0.05) is 17.7 Å². The van der Waals surface area contributed by atoms with Crippen LogP contribution in [0.2, 0.25) is 5.02 Å². The summed E-state index contributed by atoms with van der Waals surface area (Å²) in [6, 6.07) is 12.0. The number of amides is 1. The summed E-state index contributed by atoms with van der Waals surface area (Å²) in [5.41, 5.74) is -1.05. The number of carbonyl (C=O) groups excluding carboxylic acids is 1. The van der Waals surface area contributed by atoms with Crippen molar-refractivity contribution in [3.63, 3.8) is 0 Å². The average molecular weight is 564 g/mol. The summed E-state index contributed by atoms with van der Waals surface area (Å²) in [6.07, 6.45) is -4.65. The lowest BCUT2D eigenvalue weighted by Gasteiger charge is -2.13. The van der Waals surface area contributed by atoms with Gasteiger partial charge in [0, 0.05) is 11.4 Å². The van der Waals surface area contributed by atoms with Crippen LogP contribution in [-0.2, 0) is 31.0 Å². The van der Waals surface area contributed by atoms with E-state index in [-0.39, 0.29) is 31.9 Å². The monoisotopic (exact) mass is 563 g/mol. The van der Waals surface area contributed by atoms with Gasteiger partial charge >= 0.3 is 6.18 Å². The molecule has 0 aliphatic rings. The van der Waals surface area contributed by atoms with Crippen molar-refractivity contribution in [1.82, 2.24) is 0 Å². The Morgan fingerprint density at radius 3 is 2.14 bits per heavy atom. The molecular weight excluding hydrogens is 547 g/mol. The highest BCUT2D eigenvalue weighted by molar-refractivity contribution is 7.92. The molecule has 0 unspecified atom stereocenters. The summed E-state index contributed by atoms with van der Waals surface area (Å²) >= 11 is 6.06.